The number of phenolic OH excluding ortho intramolecular Hbond substituents is 1. The second-order valence-corrected chi connectivity index (χ2v) is 7.09. The van der Waals surface area contributed by atoms with Crippen LogP contribution >= 0.6 is 0 Å². The van der Waals surface area contributed by atoms with Gasteiger partial charge in [0.25, 0.3) is 5.91 Å². The molecule has 5 rings (SSSR count). The Hall–Kier alpha value is -4.06. The first kappa shape index (κ1) is 18.0. The fourth-order valence-electron chi connectivity index (χ4n) is 3.88. The molecule has 0 saturated heterocycles. The average Bonchev–Trinajstić information content (AvgIpc) is 3.16. The maximum absolute atomic E-state index is 13.2. The summed E-state index contributed by atoms with van der Waals surface area (Å²) in [7, 11) is 0. The number of benzene rings is 3. The van der Waals surface area contributed by atoms with Crippen LogP contribution in [0, 0.1) is 0 Å². The number of para-hydroxylation sites is 2. The predicted octanol–water partition coefficient (Wildman–Crippen LogP) is 4.03. The standard InChI is InChI=1S/C24H17NO5/c26-16-10-6-7-14(13-16)19-20-21(17-11-4-5-12-18(17)29-24(20)28)30-22(19)23(27)25-15-8-2-1-3-9-15/h1-13,19,22,26H,(H,25,27)/t19-,22+/m0/s1. The minimum Gasteiger partial charge on any atom is -0.508 e. The Labute approximate surface area is 171 Å². The lowest BCUT2D eigenvalue weighted by atomic mass is 9.88. The van der Waals surface area contributed by atoms with Crippen LogP contribution in [0.3, 0.4) is 0 Å². The smallest absolute Gasteiger partial charge is 0.344 e. The summed E-state index contributed by atoms with van der Waals surface area (Å²) in [5.74, 6) is -0.748. The maximum atomic E-state index is 13.2. The molecule has 2 atom stereocenters. The highest BCUT2D eigenvalue weighted by molar-refractivity contribution is 5.97. The zero-order valence-corrected chi connectivity index (χ0v) is 15.7. The second-order valence-electron chi connectivity index (χ2n) is 7.09. The third-order valence-electron chi connectivity index (χ3n) is 5.19. The van der Waals surface area contributed by atoms with E-state index in [0.29, 0.717) is 28.0 Å². The second kappa shape index (κ2) is 7.08. The van der Waals surface area contributed by atoms with Crippen molar-refractivity contribution < 1.29 is 19.1 Å². The molecular formula is C24H17NO5. The van der Waals surface area contributed by atoms with Gasteiger partial charge in [-0.3, -0.25) is 4.79 Å². The highest BCUT2D eigenvalue weighted by Gasteiger charge is 2.44. The first-order valence-corrected chi connectivity index (χ1v) is 9.49. The molecule has 0 bridgehead atoms. The Kier molecular flexibility index (Phi) is 4.25. The van der Waals surface area contributed by atoms with Gasteiger partial charge in [-0.2, -0.15) is 0 Å². The summed E-state index contributed by atoms with van der Waals surface area (Å²) >= 11 is 0. The number of nitrogens with one attached hydrogen (secondary N) is 1. The van der Waals surface area contributed by atoms with Crippen LogP contribution in [0.4, 0.5) is 5.69 Å². The van der Waals surface area contributed by atoms with Crippen molar-refractivity contribution in [3.63, 3.8) is 0 Å². The topological polar surface area (TPSA) is 88.8 Å². The van der Waals surface area contributed by atoms with E-state index in [9.17, 15) is 14.7 Å². The first-order chi connectivity index (χ1) is 14.6. The van der Waals surface area contributed by atoms with Crippen LogP contribution in [-0.2, 0) is 4.79 Å². The molecule has 0 unspecified atom stereocenters. The minimum atomic E-state index is -1.00. The zero-order chi connectivity index (χ0) is 20.7. The van der Waals surface area contributed by atoms with E-state index in [-0.39, 0.29) is 11.3 Å². The molecule has 0 saturated carbocycles. The number of phenols is 1. The van der Waals surface area contributed by atoms with Crippen LogP contribution in [0.2, 0.25) is 0 Å². The quantitative estimate of drug-likeness (QED) is 0.508. The van der Waals surface area contributed by atoms with Crippen molar-refractivity contribution in [2.45, 2.75) is 12.0 Å². The minimum absolute atomic E-state index is 0.0355. The van der Waals surface area contributed by atoms with Gasteiger partial charge in [0.15, 0.2) is 6.10 Å². The van der Waals surface area contributed by atoms with Gasteiger partial charge in [-0.25, -0.2) is 4.79 Å². The van der Waals surface area contributed by atoms with E-state index in [1.54, 1.807) is 42.5 Å². The number of ether oxygens (including phenoxy) is 1. The van der Waals surface area contributed by atoms with Gasteiger partial charge >= 0.3 is 5.63 Å². The molecule has 0 radical (unpaired) electrons. The molecule has 1 amide bonds. The normalized spacial score (nSPS) is 17.3. The van der Waals surface area contributed by atoms with Gasteiger partial charge in [0.1, 0.15) is 17.1 Å². The van der Waals surface area contributed by atoms with Gasteiger partial charge in [0, 0.05) is 5.69 Å². The number of carbonyl (C=O) groups is 1. The zero-order valence-electron chi connectivity index (χ0n) is 15.7. The van der Waals surface area contributed by atoms with Crippen LogP contribution in [0.5, 0.6) is 11.5 Å². The summed E-state index contributed by atoms with van der Waals surface area (Å²) in [4.78, 5) is 26.0. The van der Waals surface area contributed by atoms with Crippen molar-refractivity contribution in [2.75, 3.05) is 5.32 Å². The molecule has 1 aliphatic heterocycles. The largest absolute Gasteiger partial charge is 0.508 e. The Morgan fingerprint density at radius 1 is 0.933 bits per heavy atom. The fourth-order valence-corrected chi connectivity index (χ4v) is 3.88. The molecule has 2 N–H and O–H groups in total. The molecule has 0 fully saturated rings. The Morgan fingerprint density at radius 2 is 1.70 bits per heavy atom. The lowest BCUT2D eigenvalue weighted by Crippen LogP contribution is -2.35. The first-order valence-electron chi connectivity index (χ1n) is 9.49. The summed E-state index contributed by atoms with van der Waals surface area (Å²) in [6.07, 6.45) is -1.00. The van der Waals surface area contributed by atoms with E-state index in [1.165, 1.54) is 12.1 Å². The monoisotopic (exact) mass is 399 g/mol. The van der Waals surface area contributed by atoms with Crippen molar-refractivity contribution in [2.24, 2.45) is 0 Å². The van der Waals surface area contributed by atoms with E-state index in [1.807, 2.05) is 24.3 Å². The third kappa shape index (κ3) is 2.99. The van der Waals surface area contributed by atoms with E-state index >= 15 is 0 Å². The van der Waals surface area contributed by atoms with E-state index < -0.39 is 23.6 Å². The van der Waals surface area contributed by atoms with Crippen LogP contribution in [0.1, 0.15) is 17.0 Å². The molecule has 1 aromatic heterocycles. The number of rotatable bonds is 3. The molecule has 1 aliphatic rings. The Bertz CT molecular complexity index is 1310. The van der Waals surface area contributed by atoms with Crippen LogP contribution in [0.15, 0.2) is 88.1 Å². The SMILES string of the molecule is O=C(Nc1ccccc1)[C@@H]1Oc2c(c(=O)oc3ccccc23)[C@@H]1c1cccc(O)c1. The highest BCUT2D eigenvalue weighted by Crippen LogP contribution is 2.44. The third-order valence-corrected chi connectivity index (χ3v) is 5.19. The van der Waals surface area contributed by atoms with E-state index in [2.05, 4.69) is 5.32 Å². The van der Waals surface area contributed by atoms with Crippen molar-refractivity contribution in [1.29, 1.82) is 0 Å². The van der Waals surface area contributed by atoms with Crippen molar-refractivity contribution in [3.05, 3.63) is 100 Å². The Balaban J connectivity index is 1.66. The van der Waals surface area contributed by atoms with Gasteiger partial charge in [-0.1, -0.05) is 42.5 Å². The van der Waals surface area contributed by atoms with Crippen LogP contribution < -0.4 is 15.7 Å². The van der Waals surface area contributed by atoms with Gasteiger partial charge < -0.3 is 19.6 Å². The predicted molar refractivity (Wildman–Crippen MR) is 112 cm³/mol. The number of carbonyl (C=O) groups excluding carboxylic acids is 1. The number of aromatic hydroxyl groups is 1. The summed E-state index contributed by atoms with van der Waals surface area (Å²) in [6, 6.07) is 22.5. The summed E-state index contributed by atoms with van der Waals surface area (Å²) in [6.45, 7) is 0. The van der Waals surface area contributed by atoms with Crippen molar-refractivity contribution in [1.82, 2.24) is 0 Å². The van der Waals surface area contributed by atoms with Gasteiger partial charge in [-0.05, 0) is 42.0 Å². The summed E-state index contributed by atoms with van der Waals surface area (Å²) < 4.78 is 11.6. The molecule has 6 nitrogen and oxygen atoms in total. The molecule has 6 heteroatoms. The fraction of sp³-hybridized carbons (Fsp3) is 0.0833. The summed E-state index contributed by atoms with van der Waals surface area (Å²) in [5.41, 5.74) is 1.30. The summed E-state index contributed by atoms with van der Waals surface area (Å²) in [5, 5.41) is 13.4. The lowest BCUT2D eigenvalue weighted by molar-refractivity contribution is -0.122. The lowest BCUT2D eigenvalue weighted by Gasteiger charge is -2.19. The number of fused-ring (bicyclic) bond motifs is 3. The molecule has 4 aromatic rings. The van der Waals surface area contributed by atoms with Crippen LogP contribution in [-0.4, -0.2) is 17.1 Å². The number of anilines is 1. The number of amides is 1. The molecule has 2 heterocycles. The average molecular weight is 399 g/mol. The highest BCUT2D eigenvalue weighted by atomic mass is 16.5. The molecule has 148 valence electrons. The van der Waals surface area contributed by atoms with Crippen molar-refractivity contribution in [3.8, 4) is 11.5 Å². The Morgan fingerprint density at radius 3 is 2.50 bits per heavy atom. The van der Waals surface area contributed by atoms with E-state index in [4.69, 9.17) is 9.15 Å². The molecule has 30 heavy (non-hydrogen) atoms. The van der Waals surface area contributed by atoms with E-state index in [0.717, 1.165) is 0 Å². The number of hydrogen-bond acceptors (Lipinski definition) is 5. The molecule has 0 aliphatic carbocycles. The maximum Gasteiger partial charge on any atom is 0.344 e. The molecular weight excluding hydrogens is 382 g/mol. The van der Waals surface area contributed by atoms with Gasteiger partial charge in [-0.15, -0.1) is 0 Å². The molecule has 3 aromatic carbocycles. The van der Waals surface area contributed by atoms with Gasteiger partial charge in [0.2, 0.25) is 0 Å². The van der Waals surface area contributed by atoms with Crippen LogP contribution in [0.25, 0.3) is 11.0 Å². The molecule has 0 spiro atoms. The van der Waals surface area contributed by atoms with Gasteiger partial charge in [0.05, 0.1) is 16.9 Å². The van der Waals surface area contributed by atoms with Crippen molar-refractivity contribution >= 4 is 22.6 Å². The number of hydrogen-bond donors (Lipinski definition) is 2.